The van der Waals surface area contributed by atoms with Crippen LogP contribution in [0, 0.1) is 0 Å². The van der Waals surface area contributed by atoms with Crippen molar-refractivity contribution in [1.82, 2.24) is 9.97 Å². The molecule has 0 aliphatic rings. The summed E-state index contributed by atoms with van der Waals surface area (Å²) in [6.07, 6.45) is 3.60. The largest absolute Gasteiger partial charge is 0.355 e. The molecule has 2 N–H and O–H groups in total. The Labute approximate surface area is 120 Å². The van der Waals surface area contributed by atoms with E-state index in [-0.39, 0.29) is 5.78 Å². The van der Waals surface area contributed by atoms with Gasteiger partial charge in [0.15, 0.2) is 0 Å². The second-order valence-electron chi connectivity index (χ2n) is 5.13. The third-order valence-corrected chi connectivity index (χ3v) is 3.89. The lowest BCUT2D eigenvalue weighted by Gasteiger charge is -2.02. The number of carbonyl (C=O) groups excluding carboxylic acids is 1. The van der Waals surface area contributed by atoms with Crippen molar-refractivity contribution in [3.05, 3.63) is 46.0 Å². The molecular formula is C17H24N2O. The highest BCUT2D eigenvalue weighted by Gasteiger charge is 2.20. The number of nitrogens with one attached hydrogen (secondary N) is 2. The van der Waals surface area contributed by atoms with Crippen LogP contribution >= 0.6 is 0 Å². The number of aromatic nitrogens is 2. The predicted molar refractivity (Wildman–Crippen MR) is 82.5 cm³/mol. The van der Waals surface area contributed by atoms with Gasteiger partial charge in [-0.05, 0) is 48.9 Å². The molecule has 2 rings (SSSR count). The number of hydrogen-bond acceptors (Lipinski definition) is 1. The molecule has 0 bridgehead atoms. The molecule has 0 aliphatic carbocycles. The normalized spacial score (nSPS) is 11.0. The Balaban J connectivity index is 2.45. The first kappa shape index (κ1) is 14.6. The van der Waals surface area contributed by atoms with Crippen LogP contribution in [0.15, 0.2) is 12.1 Å². The topological polar surface area (TPSA) is 48.6 Å². The number of H-pyrrole nitrogens is 2. The maximum atomic E-state index is 12.8. The summed E-state index contributed by atoms with van der Waals surface area (Å²) < 4.78 is 0. The predicted octanol–water partition coefficient (Wildman–Crippen LogP) is 3.82. The molecule has 2 heterocycles. The lowest BCUT2D eigenvalue weighted by molar-refractivity contribution is 0.102. The Morgan fingerprint density at radius 2 is 1.20 bits per heavy atom. The van der Waals surface area contributed by atoms with Crippen molar-refractivity contribution < 1.29 is 4.79 Å². The molecule has 108 valence electrons. The van der Waals surface area contributed by atoms with Gasteiger partial charge >= 0.3 is 0 Å². The summed E-state index contributed by atoms with van der Waals surface area (Å²) in [4.78, 5) is 19.4. The fourth-order valence-electron chi connectivity index (χ4n) is 2.59. The van der Waals surface area contributed by atoms with Gasteiger partial charge in [-0.3, -0.25) is 4.79 Å². The smallest absolute Gasteiger partial charge is 0.225 e. The molecule has 2 aromatic heterocycles. The zero-order chi connectivity index (χ0) is 14.7. The van der Waals surface area contributed by atoms with E-state index in [1.807, 2.05) is 0 Å². The second kappa shape index (κ2) is 6.12. The van der Waals surface area contributed by atoms with Gasteiger partial charge < -0.3 is 9.97 Å². The Kier molecular flexibility index (Phi) is 4.48. The fraction of sp³-hybridized carbons (Fsp3) is 0.471. The number of aromatic amines is 2. The number of carbonyl (C=O) groups is 1. The summed E-state index contributed by atoms with van der Waals surface area (Å²) in [6.45, 7) is 8.38. The van der Waals surface area contributed by atoms with Crippen LogP contribution in [-0.4, -0.2) is 15.8 Å². The molecule has 0 unspecified atom stereocenters. The third kappa shape index (κ3) is 2.58. The van der Waals surface area contributed by atoms with Crippen LogP contribution in [0.2, 0.25) is 0 Å². The number of hydrogen-bond donors (Lipinski definition) is 2. The average molecular weight is 272 g/mol. The molecule has 0 saturated carbocycles. The van der Waals surface area contributed by atoms with Gasteiger partial charge in [0.05, 0.1) is 11.4 Å². The standard InChI is InChI=1S/C17H24N2O/c1-5-11-9-13(7-3)18-15(11)17(20)16-12(6-2)10-14(8-4)19-16/h9-10,18-19H,5-8H2,1-4H3. The highest BCUT2D eigenvalue weighted by molar-refractivity contribution is 6.08. The molecule has 0 spiro atoms. The van der Waals surface area contributed by atoms with Gasteiger partial charge in [0.1, 0.15) is 0 Å². The Hall–Kier alpha value is -1.77. The van der Waals surface area contributed by atoms with Crippen LogP contribution < -0.4 is 0 Å². The summed E-state index contributed by atoms with van der Waals surface area (Å²) in [5, 5.41) is 0. The zero-order valence-electron chi connectivity index (χ0n) is 12.9. The first-order chi connectivity index (χ1) is 9.64. The van der Waals surface area contributed by atoms with Crippen molar-refractivity contribution >= 4 is 5.78 Å². The first-order valence-electron chi connectivity index (χ1n) is 7.60. The van der Waals surface area contributed by atoms with Crippen molar-refractivity contribution in [2.45, 2.75) is 53.4 Å². The van der Waals surface area contributed by atoms with Crippen LogP contribution in [0.1, 0.15) is 66.4 Å². The van der Waals surface area contributed by atoms with Crippen LogP contribution in [0.3, 0.4) is 0 Å². The van der Waals surface area contributed by atoms with Crippen LogP contribution in [0.25, 0.3) is 0 Å². The molecule has 3 nitrogen and oxygen atoms in total. The van der Waals surface area contributed by atoms with E-state index in [0.29, 0.717) is 0 Å². The lowest BCUT2D eigenvalue weighted by atomic mass is 10.0. The van der Waals surface area contributed by atoms with Crippen molar-refractivity contribution in [3.63, 3.8) is 0 Å². The molecule has 0 saturated heterocycles. The summed E-state index contributed by atoms with van der Waals surface area (Å²) in [7, 11) is 0. The van der Waals surface area contributed by atoms with Gasteiger partial charge in [-0.2, -0.15) is 0 Å². The molecule has 0 atom stereocenters. The summed E-state index contributed by atoms with van der Waals surface area (Å²) >= 11 is 0. The third-order valence-electron chi connectivity index (χ3n) is 3.89. The van der Waals surface area contributed by atoms with E-state index >= 15 is 0 Å². The maximum Gasteiger partial charge on any atom is 0.225 e. The fourth-order valence-corrected chi connectivity index (χ4v) is 2.59. The van der Waals surface area contributed by atoms with Crippen molar-refractivity contribution in [2.75, 3.05) is 0 Å². The van der Waals surface area contributed by atoms with E-state index in [0.717, 1.165) is 59.6 Å². The molecule has 3 heteroatoms. The number of aryl methyl sites for hydroxylation is 4. The molecule has 0 aliphatic heterocycles. The van der Waals surface area contributed by atoms with Crippen LogP contribution in [0.4, 0.5) is 0 Å². The van der Waals surface area contributed by atoms with E-state index in [2.05, 4.69) is 49.8 Å². The minimum atomic E-state index is 0.0955. The molecular weight excluding hydrogens is 248 g/mol. The highest BCUT2D eigenvalue weighted by atomic mass is 16.1. The second-order valence-corrected chi connectivity index (χ2v) is 5.13. The Bertz CT molecular complexity index is 552. The molecule has 0 aromatic carbocycles. The Morgan fingerprint density at radius 3 is 1.50 bits per heavy atom. The van der Waals surface area contributed by atoms with Gasteiger partial charge in [0.25, 0.3) is 0 Å². The number of rotatable bonds is 6. The van der Waals surface area contributed by atoms with Gasteiger partial charge in [-0.25, -0.2) is 0 Å². The van der Waals surface area contributed by atoms with E-state index in [1.165, 1.54) is 0 Å². The average Bonchev–Trinajstić information content (AvgIpc) is 3.09. The molecule has 0 fully saturated rings. The molecule has 2 aromatic rings. The van der Waals surface area contributed by atoms with Gasteiger partial charge in [0, 0.05) is 11.4 Å². The van der Waals surface area contributed by atoms with Crippen LogP contribution in [0.5, 0.6) is 0 Å². The quantitative estimate of drug-likeness (QED) is 0.772. The SMILES string of the molecule is CCc1cc(CC)c(C(=O)c2[nH]c(CC)cc2CC)[nH]1. The monoisotopic (exact) mass is 272 g/mol. The summed E-state index contributed by atoms with van der Waals surface area (Å²) in [5.41, 5.74) is 5.99. The first-order valence-corrected chi connectivity index (χ1v) is 7.60. The minimum absolute atomic E-state index is 0.0955. The number of ketones is 1. The van der Waals surface area contributed by atoms with Gasteiger partial charge in [-0.15, -0.1) is 0 Å². The van der Waals surface area contributed by atoms with Gasteiger partial charge in [0.2, 0.25) is 5.78 Å². The lowest BCUT2D eigenvalue weighted by Crippen LogP contribution is -2.08. The van der Waals surface area contributed by atoms with Gasteiger partial charge in [-0.1, -0.05) is 27.7 Å². The van der Waals surface area contributed by atoms with Crippen molar-refractivity contribution in [2.24, 2.45) is 0 Å². The molecule has 0 amide bonds. The van der Waals surface area contributed by atoms with E-state index in [4.69, 9.17) is 0 Å². The highest BCUT2D eigenvalue weighted by Crippen LogP contribution is 2.20. The van der Waals surface area contributed by atoms with Crippen molar-refractivity contribution in [3.8, 4) is 0 Å². The molecule has 0 radical (unpaired) electrons. The van der Waals surface area contributed by atoms with E-state index < -0.39 is 0 Å². The summed E-state index contributed by atoms with van der Waals surface area (Å²) in [6, 6.07) is 4.23. The molecule has 20 heavy (non-hydrogen) atoms. The summed E-state index contributed by atoms with van der Waals surface area (Å²) in [5.74, 6) is 0.0955. The Morgan fingerprint density at radius 1 is 0.800 bits per heavy atom. The maximum absolute atomic E-state index is 12.8. The minimum Gasteiger partial charge on any atom is -0.355 e. The van der Waals surface area contributed by atoms with E-state index in [9.17, 15) is 4.79 Å². The van der Waals surface area contributed by atoms with Crippen LogP contribution in [-0.2, 0) is 25.7 Å². The zero-order valence-corrected chi connectivity index (χ0v) is 12.9. The van der Waals surface area contributed by atoms with E-state index in [1.54, 1.807) is 0 Å². The van der Waals surface area contributed by atoms with Crippen molar-refractivity contribution in [1.29, 1.82) is 0 Å².